The highest BCUT2D eigenvalue weighted by molar-refractivity contribution is 7.92. The third-order valence-corrected chi connectivity index (χ3v) is 8.10. The maximum atomic E-state index is 12.6. The molecule has 0 saturated carbocycles. The number of hydrogen-bond acceptors (Lipinski definition) is 6. The molecule has 0 radical (unpaired) electrons. The molecule has 12 heteroatoms. The zero-order valence-corrected chi connectivity index (χ0v) is 20.2. The van der Waals surface area contributed by atoms with Crippen LogP contribution in [0.1, 0.15) is 12.8 Å². The molecule has 1 saturated heterocycles. The van der Waals surface area contributed by atoms with Crippen LogP contribution in [0.4, 0.5) is 17.1 Å². The molecule has 1 aliphatic rings. The summed E-state index contributed by atoms with van der Waals surface area (Å²) in [5.74, 6) is -0.518. The zero-order chi connectivity index (χ0) is 24.4. The van der Waals surface area contributed by atoms with Crippen molar-refractivity contribution in [1.29, 1.82) is 0 Å². The fraction of sp³-hybridized carbons (Fsp3) is 0.333. The molecule has 0 atom stereocenters. The highest BCUT2D eigenvalue weighted by Gasteiger charge is 2.24. The van der Waals surface area contributed by atoms with Gasteiger partial charge < -0.3 is 10.2 Å². The van der Waals surface area contributed by atoms with E-state index in [2.05, 4.69) is 5.32 Å². The molecule has 10 nitrogen and oxygen atoms in total. The van der Waals surface area contributed by atoms with Crippen LogP contribution in [0.5, 0.6) is 0 Å². The van der Waals surface area contributed by atoms with Crippen LogP contribution in [-0.4, -0.2) is 66.4 Å². The first kappa shape index (κ1) is 24.7. The Hall–Kier alpha value is -2.96. The summed E-state index contributed by atoms with van der Waals surface area (Å²) in [5, 5.41) is 2.64. The van der Waals surface area contributed by atoms with Gasteiger partial charge in [0.2, 0.25) is 31.9 Å². The lowest BCUT2D eigenvalue weighted by Gasteiger charge is -2.22. The molecular weight excluding hydrogens is 468 g/mol. The third-order valence-electron chi connectivity index (χ3n) is 5.13. The summed E-state index contributed by atoms with van der Waals surface area (Å²) in [6, 6.07) is 12.0. The van der Waals surface area contributed by atoms with Crippen molar-refractivity contribution in [1.82, 2.24) is 4.31 Å². The summed E-state index contributed by atoms with van der Waals surface area (Å²) in [6.45, 7) is 0.160. The van der Waals surface area contributed by atoms with Crippen molar-refractivity contribution in [2.24, 2.45) is 0 Å². The van der Waals surface area contributed by atoms with Crippen molar-refractivity contribution in [3.05, 3.63) is 48.5 Å². The minimum absolute atomic E-state index is 0.00530. The van der Waals surface area contributed by atoms with Crippen LogP contribution in [0.15, 0.2) is 53.4 Å². The monoisotopic (exact) mass is 494 g/mol. The predicted molar refractivity (Wildman–Crippen MR) is 126 cm³/mol. The second kappa shape index (κ2) is 9.49. The van der Waals surface area contributed by atoms with Crippen molar-refractivity contribution in [2.45, 2.75) is 17.7 Å². The molecule has 0 aromatic heterocycles. The van der Waals surface area contributed by atoms with E-state index in [1.165, 1.54) is 38.4 Å². The van der Waals surface area contributed by atoms with Crippen molar-refractivity contribution < 1.29 is 26.4 Å². The molecule has 3 rings (SSSR count). The van der Waals surface area contributed by atoms with Gasteiger partial charge in [0.05, 0.1) is 16.8 Å². The number of nitrogens with zero attached hydrogens (tertiary/aromatic N) is 3. The Bertz CT molecular complexity index is 1240. The van der Waals surface area contributed by atoms with E-state index in [0.29, 0.717) is 18.7 Å². The zero-order valence-electron chi connectivity index (χ0n) is 18.6. The summed E-state index contributed by atoms with van der Waals surface area (Å²) in [6.07, 6.45) is 2.29. The van der Waals surface area contributed by atoms with Gasteiger partial charge in [0.25, 0.3) is 0 Å². The topological polar surface area (TPSA) is 124 Å². The Kier molecular flexibility index (Phi) is 7.10. The number of amides is 2. The summed E-state index contributed by atoms with van der Waals surface area (Å²) in [5.41, 5.74) is 1.35. The molecule has 33 heavy (non-hydrogen) atoms. The van der Waals surface area contributed by atoms with Gasteiger partial charge in [-0.1, -0.05) is 0 Å². The SMILES string of the molecule is CN(C)S(=O)(=O)c1ccc(N(CC(=O)Nc2ccc(N3CCCC3=O)cc2)S(C)(=O)=O)cc1. The number of carbonyl (C=O) groups excluding carboxylic acids is 2. The number of benzene rings is 2. The quantitative estimate of drug-likeness (QED) is 0.593. The first-order valence-electron chi connectivity index (χ1n) is 10.1. The third kappa shape index (κ3) is 5.70. The average Bonchev–Trinajstić information content (AvgIpc) is 3.17. The lowest BCUT2D eigenvalue weighted by Crippen LogP contribution is -2.37. The summed E-state index contributed by atoms with van der Waals surface area (Å²) in [4.78, 5) is 26.1. The van der Waals surface area contributed by atoms with Crippen LogP contribution in [0.25, 0.3) is 0 Å². The number of rotatable bonds is 8. The van der Waals surface area contributed by atoms with Gasteiger partial charge >= 0.3 is 0 Å². The van der Waals surface area contributed by atoms with Gasteiger partial charge in [-0.2, -0.15) is 0 Å². The van der Waals surface area contributed by atoms with Gasteiger partial charge in [0, 0.05) is 38.4 Å². The van der Waals surface area contributed by atoms with E-state index < -0.39 is 32.5 Å². The molecule has 1 fully saturated rings. The standard InChI is InChI=1S/C21H26N4O6S2/c1-23(2)33(30,31)19-12-10-18(11-13-19)25(32(3,28)29)15-20(26)22-16-6-8-17(9-7-16)24-14-4-5-21(24)27/h6-13H,4-5,14-15H2,1-3H3,(H,22,26). The Balaban J connectivity index is 1.73. The van der Waals surface area contributed by atoms with Crippen molar-refractivity contribution in [3.63, 3.8) is 0 Å². The highest BCUT2D eigenvalue weighted by atomic mass is 32.2. The van der Waals surface area contributed by atoms with Crippen LogP contribution in [0.2, 0.25) is 0 Å². The van der Waals surface area contributed by atoms with E-state index in [1.54, 1.807) is 29.2 Å². The van der Waals surface area contributed by atoms with Gasteiger partial charge in [0.15, 0.2) is 0 Å². The van der Waals surface area contributed by atoms with Crippen LogP contribution >= 0.6 is 0 Å². The minimum Gasteiger partial charge on any atom is -0.325 e. The van der Waals surface area contributed by atoms with Crippen molar-refractivity contribution in [3.8, 4) is 0 Å². The molecule has 1 heterocycles. The predicted octanol–water partition coefficient (Wildman–Crippen LogP) is 1.47. The van der Waals surface area contributed by atoms with Gasteiger partial charge in [-0.3, -0.25) is 13.9 Å². The number of anilines is 3. The Morgan fingerprint density at radius 3 is 2.09 bits per heavy atom. The maximum absolute atomic E-state index is 12.6. The lowest BCUT2D eigenvalue weighted by molar-refractivity contribution is -0.117. The first-order valence-corrected chi connectivity index (χ1v) is 13.4. The molecule has 1 aliphatic heterocycles. The van der Waals surface area contributed by atoms with E-state index in [4.69, 9.17) is 0 Å². The van der Waals surface area contributed by atoms with E-state index in [-0.39, 0.29) is 16.5 Å². The van der Waals surface area contributed by atoms with Crippen LogP contribution in [0.3, 0.4) is 0 Å². The largest absolute Gasteiger partial charge is 0.325 e. The normalized spacial score (nSPS) is 14.5. The fourth-order valence-electron chi connectivity index (χ4n) is 3.37. The molecule has 0 spiro atoms. The van der Waals surface area contributed by atoms with Crippen LogP contribution < -0.4 is 14.5 Å². The molecule has 0 unspecified atom stereocenters. The Labute approximate surface area is 193 Å². The summed E-state index contributed by atoms with van der Waals surface area (Å²) >= 11 is 0. The molecule has 2 aromatic carbocycles. The van der Waals surface area contributed by atoms with Crippen molar-refractivity contribution >= 4 is 48.9 Å². The number of hydrogen-bond donors (Lipinski definition) is 1. The smallest absolute Gasteiger partial charge is 0.245 e. The molecule has 2 amide bonds. The number of sulfonamides is 2. The summed E-state index contributed by atoms with van der Waals surface area (Å²) < 4.78 is 51.0. The summed E-state index contributed by atoms with van der Waals surface area (Å²) in [7, 11) is -4.71. The highest BCUT2D eigenvalue weighted by Crippen LogP contribution is 2.24. The van der Waals surface area contributed by atoms with Crippen LogP contribution in [-0.2, 0) is 29.6 Å². The minimum atomic E-state index is -3.83. The maximum Gasteiger partial charge on any atom is 0.245 e. The van der Waals surface area contributed by atoms with Gasteiger partial charge in [-0.05, 0) is 55.0 Å². The fourth-order valence-corrected chi connectivity index (χ4v) is 5.13. The molecule has 0 bridgehead atoms. The van der Waals surface area contributed by atoms with E-state index in [0.717, 1.165) is 27.0 Å². The van der Waals surface area contributed by atoms with Gasteiger partial charge in [-0.15, -0.1) is 0 Å². The van der Waals surface area contributed by atoms with Gasteiger partial charge in [0.1, 0.15) is 6.54 Å². The Morgan fingerprint density at radius 2 is 1.61 bits per heavy atom. The van der Waals surface area contributed by atoms with E-state index >= 15 is 0 Å². The first-order chi connectivity index (χ1) is 15.4. The van der Waals surface area contributed by atoms with Crippen LogP contribution in [0, 0.1) is 0 Å². The second-order valence-electron chi connectivity index (χ2n) is 7.79. The molecule has 178 valence electrons. The number of carbonyl (C=O) groups is 2. The molecular formula is C21H26N4O6S2. The molecule has 1 N–H and O–H groups in total. The van der Waals surface area contributed by atoms with E-state index in [9.17, 15) is 26.4 Å². The average molecular weight is 495 g/mol. The molecule has 0 aliphatic carbocycles. The lowest BCUT2D eigenvalue weighted by atomic mass is 10.2. The van der Waals surface area contributed by atoms with Crippen molar-refractivity contribution in [2.75, 3.05) is 48.0 Å². The van der Waals surface area contributed by atoms with E-state index in [1.807, 2.05) is 0 Å². The number of nitrogens with one attached hydrogen (secondary N) is 1. The second-order valence-corrected chi connectivity index (χ2v) is 11.9. The Morgan fingerprint density at radius 1 is 1.00 bits per heavy atom. The van der Waals surface area contributed by atoms with Gasteiger partial charge in [-0.25, -0.2) is 21.1 Å². The molecule has 2 aromatic rings.